The molecule has 0 fully saturated rings. The average molecular weight is 216 g/mol. The summed E-state index contributed by atoms with van der Waals surface area (Å²) < 4.78 is 12.9. The van der Waals surface area contributed by atoms with Gasteiger partial charge in [-0.15, -0.1) is 0 Å². The van der Waals surface area contributed by atoms with Crippen molar-refractivity contribution in [3.05, 3.63) is 59.7 Å². The van der Waals surface area contributed by atoms with Crippen LogP contribution in [0.3, 0.4) is 0 Å². The van der Waals surface area contributed by atoms with Crippen LogP contribution in [-0.2, 0) is 6.54 Å². The topological polar surface area (TPSA) is 24.9 Å². The van der Waals surface area contributed by atoms with Gasteiger partial charge in [-0.3, -0.25) is 4.98 Å². The maximum absolute atomic E-state index is 12.9. The molecular formula is C13H13FN2. The first-order chi connectivity index (χ1) is 7.75. The third-order valence-electron chi connectivity index (χ3n) is 2.41. The lowest BCUT2D eigenvalue weighted by Gasteiger charge is -2.08. The minimum absolute atomic E-state index is 0.206. The first kappa shape index (κ1) is 10.6. The molecular weight excluding hydrogens is 203 g/mol. The molecule has 1 N–H and O–H groups in total. The molecule has 0 radical (unpaired) electrons. The molecule has 0 atom stereocenters. The SMILES string of the molecule is Cc1ccncc1NCc1cccc(F)c1. The molecule has 1 aromatic carbocycles. The van der Waals surface area contributed by atoms with E-state index in [4.69, 9.17) is 0 Å². The Morgan fingerprint density at radius 2 is 2.19 bits per heavy atom. The normalized spacial score (nSPS) is 10.1. The summed E-state index contributed by atoms with van der Waals surface area (Å²) in [5.41, 5.74) is 3.03. The second kappa shape index (κ2) is 4.75. The van der Waals surface area contributed by atoms with E-state index in [-0.39, 0.29) is 5.82 Å². The predicted molar refractivity (Wildman–Crippen MR) is 62.7 cm³/mol. The van der Waals surface area contributed by atoms with E-state index in [0.717, 1.165) is 16.8 Å². The molecule has 0 aliphatic carbocycles. The van der Waals surface area contributed by atoms with E-state index < -0.39 is 0 Å². The maximum atomic E-state index is 12.9. The van der Waals surface area contributed by atoms with Crippen molar-refractivity contribution in [2.45, 2.75) is 13.5 Å². The average Bonchev–Trinajstić information content (AvgIpc) is 2.28. The fourth-order valence-corrected chi connectivity index (χ4v) is 1.49. The molecule has 82 valence electrons. The minimum Gasteiger partial charge on any atom is -0.380 e. The Kier molecular flexibility index (Phi) is 3.15. The van der Waals surface area contributed by atoms with E-state index in [2.05, 4.69) is 10.3 Å². The van der Waals surface area contributed by atoms with Crippen LogP contribution < -0.4 is 5.32 Å². The quantitative estimate of drug-likeness (QED) is 0.852. The van der Waals surface area contributed by atoms with Crippen LogP contribution in [0.25, 0.3) is 0 Å². The van der Waals surface area contributed by atoms with E-state index in [0.29, 0.717) is 6.54 Å². The highest BCUT2D eigenvalue weighted by molar-refractivity contribution is 5.48. The standard InChI is InChI=1S/C13H13FN2/c1-10-5-6-15-9-13(10)16-8-11-3-2-4-12(14)7-11/h2-7,9,16H,8H2,1H3. The van der Waals surface area contributed by atoms with Crippen molar-refractivity contribution >= 4 is 5.69 Å². The van der Waals surface area contributed by atoms with Crippen molar-refractivity contribution in [1.82, 2.24) is 4.98 Å². The lowest BCUT2D eigenvalue weighted by molar-refractivity contribution is 0.626. The number of hydrogen-bond acceptors (Lipinski definition) is 2. The summed E-state index contributed by atoms with van der Waals surface area (Å²) in [6.45, 7) is 2.61. The summed E-state index contributed by atoms with van der Waals surface area (Å²) in [5, 5.41) is 3.23. The van der Waals surface area contributed by atoms with Gasteiger partial charge in [-0.2, -0.15) is 0 Å². The predicted octanol–water partition coefficient (Wildman–Crippen LogP) is 3.14. The van der Waals surface area contributed by atoms with Crippen molar-refractivity contribution in [3.63, 3.8) is 0 Å². The summed E-state index contributed by atoms with van der Waals surface area (Å²) in [6.07, 6.45) is 3.53. The van der Waals surface area contributed by atoms with Crippen molar-refractivity contribution < 1.29 is 4.39 Å². The molecule has 0 amide bonds. The Morgan fingerprint density at radius 3 is 2.94 bits per heavy atom. The number of aryl methyl sites for hydroxylation is 1. The molecule has 0 saturated carbocycles. The number of halogens is 1. The Balaban J connectivity index is 2.05. The number of nitrogens with zero attached hydrogens (tertiary/aromatic N) is 1. The first-order valence-corrected chi connectivity index (χ1v) is 5.14. The number of aromatic nitrogens is 1. The van der Waals surface area contributed by atoms with Gasteiger partial charge < -0.3 is 5.32 Å². The molecule has 3 heteroatoms. The Labute approximate surface area is 94.2 Å². The van der Waals surface area contributed by atoms with Crippen LogP contribution in [0.1, 0.15) is 11.1 Å². The summed E-state index contributed by atoms with van der Waals surface area (Å²) in [4.78, 5) is 4.04. The van der Waals surface area contributed by atoms with Gasteiger partial charge in [0.05, 0.1) is 11.9 Å². The molecule has 2 nitrogen and oxygen atoms in total. The highest BCUT2D eigenvalue weighted by atomic mass is 19.1. The summed E-state index contributed by atoms with van der Waals surface area (Å²) in [6, 6.07) is 8.51. The van der Waals surface area contributed by atoms with Crippen LogP contribution in [0.15, 0.2) is 42.7 Å². The Morgan fingerprint density at radius 1 is 1.31 bits per heavy atom. The van der Waals surface area contributed by atoms with Crippen molar-refractivity contribution in [2.24, 2.45) is 0 Å². The monoisotopic (exact) mass is 216 g/mol. The molecule has 0 saturated heterocycles. The van der Waals surface area contributed by atoms with Gasteiger partial charge in [0, 0.05) is 12.7 Å². The Hall–Kier alpha value is -1.90. The van der Waals surface area contributed by atoms with E-state index in [1.165, 1.54) is 12.1 Å². The third-order valence-corrected chi connectivity index (χ3v) is 2.41. The number of anilines is 1. The molecule has 2 aromatic rings. The number of benzene rings is 1. The largest absolute Gasteiger partial charge is 0.380 e. The smallest absolute Gasteiger partial charge is 0.123 e. The molecule has 1 aromatic heterocycles. The zero-order chi connectivity index (χ0) is 11.4. The van der Waals surface area contributed by atoms with Crippen molar-refractivity contribution in [2.75, 3.05) is 5.32 Å². The lowest BCUT2D eigenvalue weighted by atomic mass is 10.2. The number of nitrogens with one attached hydrogen (secondary N) is 1. The minimum atomic E-state index is -0.206. The van der Waals surface area contributed by atoms with Crippen LogP contribution in [0.4, 0.5) is 10.1 Å². The molecule has 0 unspecified atom stereocenters. The molecule has 16 heavy (non-hydrogen) atoms. The number of rotatable bonds is 3. The van der Waals surface area contributed by atoms with E-state index in [1.807, 2.05) is 19.1 Å². The van der Waals surface area contributed by atoms with Gasteiger partial charge in [0.1, 0.15) is 5.82 Å². The van der Waals surface area contributed by atoms with Crippen LogP contribution in [0, 0.1) is 12.7 Å². The van der Waals surface area contributed by atoms with Gasteiger partial charge in [-0.05, 0) is 36.2 Å². The second-order valence-corrected chi connectivity index (χ2v) is 3.67. The first-order valence-electron chi connectivity index (χ1n) is 5.14. The van der Waals surface area contributed by atoms with Gasteiger partial charge in [-0.25, -0.2) is 4.39 Å². The molecule has 1 heterocycles. The van der Waals surface area contributed by atoms with Gasteiger partial charge >= 0.3 is 0 Å². The van der Waals surface area contributed by atoms with E-state index in [1.54, 1.807) is 18.5 Å². The molecule has 2 rings (SSSR count). The molecule has 0 bridgehead atoms. The highest BCUT2D eigenvalue weighted by Crippen LogP contribution is 2.13. The molecule has 0 aliphatic heterocycles. The van der Waals surface area contributed by atoms with Crippen LogP contribution in [0.5, 0.6) is 0 Å². The fourth-order valence-electron chi connectivity index (χ4n) is 1.49. The second-order valence-electron chi connectivity index (χ2n) is 3.67. The van der Waals surface area contributed by atoms with E-state index in [9.17, 15) is 4.39 Å². The van der Waals surface area contributed by atoms with Crippen molar-refractivity contribution in [3.8, 4) is 0 Å². The summed E-state index contributed by atoms with van der Waals surface area (Å²) in [7, 11) is 0. The zero-order valence-corrected chi connectivity index (χ0v) is 9.07. The van der Waals surface area contributed by atoms with Crippen LogP contribution in [0.2, 0.25) is 0 Å². The lowest BCUT2D eigenvalue weighted by Crippen LogP contribution is -2.01. The van der Waals surface area contributed by atoms with Crippen LogP contribution >= 0.6 is 0 Å². The summed E-state index contributed by atoms with van der Waals surface area (Å²) >= 11 is 0. The van der Waals surface area contributed by atoms with Crippen molar-refractivity contribution in [1.29, 1.82) is 0 Å². The van der Waals surface area contributed by atoms with Gasteiger partial charge in [0.2, 0.25) is 0 Å². The fraction of sp³-hybridized carbons (Fsp3) is 0.154. The zero-order valence-electron chi connectivity index (χ0n) is 9.07. The molecule has 0 spiro atoms. The Bertz CT molecular complexity index is 483. The van der Waals surface area contributed by atoms with E-state index >= 15 is 0 Å². The third kappa shape index (κ3) is 2.57. The maximum Gasteiger partial charge on any atom is 0.123 e. The van der Waals surface area contributed by atoms with Gasteiger partial charge in [0.25, 0.3) is 0 Å². The van der Waals surface area contributed by atoms with Gasteiger partial charge in [-0.1, -0.05) is 12.1 Å². The summed E-state index contributed by atoms with van der Waals surface area (Å²) in [5.74, 6) is -0.206. The van der Waals surface area contributed by atoms with Crippen LogP contribution in [-0.4, -0.2) is 4.98 Å². The molecule has 0 aliphatic rings. The number of hydrogen-bond donors (Lipinski definition) is 1. The highest BCUT2D eigenvalue weighted by Gasteiger charge is 1.98. The van der Waals surface area contributed by atoms with Gasteiger partial charge in [0.15, 0.2) is 0 Å². The number of pyridine rings is 1.